The fourth-order valence-corrected chi connectivity index (χ4v) is 3.30. The van der Waals surface area contributed by atoms with Gasteiger partial charge in [-0.05, 0) is 43.4 Å². The third-order valence-electron chi connectivity index (χ3n) is 4.79. The molecule has 1 aliphatic carbocycles. The fourth-order valence-electron chi connectivity index (χ4n) is 3.30. The van der Waals surface area contributed by atoms with Gasteiger partial charge in [0.25, 0.3) is 0 Å². The highest BCUT2D eigenvalue weighted by Crippen LogP contribution is 2.45. The van der Waals surface area contributed by atoms with Gasteiger partial charge >= 0.3 is 6.03 Å². The highest BCUT2D eigenvalue weighted by molar-refractivity contribution is 5.89. The van der Waals surface area contributed by atoms with Gasteiger partial charge in [-0.3, -0.25) is 4.68 Å². The largest absolute Gasteiger partial charge is 0.376 e. The minimum atomic E-state index is -0.458. The third-order valence-corrected chi connectivity index (χ3v) is 4.79. The Morgan fingerprint density at radius 1 is 1.44 bits per heavy atom. The van der Waals surface area contributed by atoms with Crippen molar-refractivity contribution in [3.8, 4) is 0 Å². The van der Waals surface area contributed by atoms with Crippen molar-refractivity contribution in [1.29, 1.82) is 0 Å². The minimum absolute atomic E-state index is 0.198. The molecule has 1 aromatic heterocycles. The summed E-state index contributed by atoms with van der Waals surface area (Å²) in [5.41, 5.74) is 0.974. The van der Waals surface area contributed by atoms with Gasteiger partial charge in [-0.15, -0.1) is 0 Å². The van der Waals surface area contributed by atoms with Crippen LogP contribution in [-0.4, -0.2) is 28.5 Å². The van der Waals surface area contributed by atoms with Crippen molar-refractivity contribution in [2.24, 2.45) is 0 Å². The third kappa shape index (κ3) is 3.66. The van der Waals surface area contributed by atoms with Crippen LogP contribution in [-0.2, 0) is 16.8 Å². The van der Waals surface area contributed by atoms with Crippen molar-refractivity contribution in [1.82, 2.24) is 15.1 Å². The second kappa shape index (κ2) is 6.48. The first-order chi connectivity index (χ1) is 12.1. The van der Waals surface area contributed by atoms with E-state index in [4.69, 9.17) is 4.74 Å². The summed E-state index contributed by atoms with van der Waals surface area (Å²) in [7, 11) is 0. The van der Waals surface area contributed by atoms with E-state index >= 15 is 0 Å². The Labute approximate surface area is 145 Å². The summed E-state index contributed by atoms with van der Waals surface area (Å²) >= 11 is 0. The van der Waals surface area contributed by atoms with E-state index in [0.717, 1.165) is 37.9 Å². The molecule has 2 aromatic rings. The summed E-state index contributed by atoms with van der Waals surface area (Å²) in [4.78, 5) is 12.3. The first-order valence-corrected chi connectivity index (χ1v) is 8.62. The molecular formula is C18H21FN4O2. The first kappa shape index (κ1) is 16.1. The van der Waals surface area contributed by atoms with Gasteiger partial charge in [0.15, 0.2) is 0 Å². The zero-order valence-corrected chi connectivity index (χ0v) is 13.9. The van der Waals surface area contributed by atoms with Crippen LogP contribution in [0.15, 0.2) is 36.7 Å². The number of benzene rings is 1. The van der Waals surface area contributed by atoms with Crippen molar-refractivity contribution < 1.29 is 13.9 Å². The molecule has 4 rings (SSSR count). The second-order valence-electron chi connectivity index (χ2n) is 6.76. The van der Waals surface area contributed by atoms with Crippen molar-refractivity contribution in [3.63, 3.8) is 0 Å². The molecule has 1 aliphatic heterocycles. The summed E-state index contributed by atoms with van der Waals surface area (Å²) in [6.45, 7) is 1.50. The molecular weight excluding hydrogens is 323 g/mol. The normalized spacial score (nSPS) is 21.1. The lowest BCUT2D eigenvalue weighted by Gasteiger charge is -2.18. The Hall–Kier alpha value is -2.41. The number of urea groups is 1. The molecule has 1 atom stereocenters. The lowest BCUT2D eigenvalue weighted by molar-refractivity contribution is 0.0940. The Morgan fingerprint density at radius 3 is 3.04 bits per heavy atom. The molecule has 0 bridgehead atoms. The number of nitrogens with zero attached hydrogens (tertiary/aromatic N) is 2. The molecule has 1 saturated heterocycles. The standard InChI is InChI=1S/C18H21FN4O2/c19-14-4-1-3-13(9-14)18(6-7-18)22-17(24)21-15-10-20-23(11-15)12-16-5-2-8-25-16/h1,3-4,9-11,16H,2,5-8,12H2,(H2,21,22,24)/t16-/m0/s1. The van der Waals surface area contributed by atoms with Crippen LogP contribution in [0.1, 0.15) is 31.2 Å². The van der Waals surface area contributed by atoms with Crippen LogP contribution >= 0.6 is 0 Å². The molecule has 1 saturated carbocycles. The molecule has 2 amide bonds. The summed E-state index contributed by atoms with van der Waals surface area (Å²) in [6.07, 6.45) is 7.36. The number of ether oxygens (including phenoxy) is 1. The highest BCUT2D eigenvalue weighted by Gasteiger charge is 2.45. The van der Waals surface area contributed by atoms with Gasteiger partial charge in [-0.1, -0.05) is 12.1 Å². The van der Waals surface area contributed by atoms with Crippen molar-refractivity contribution in [2.45, 2.75) is 43.9 Å². The molecule has 0 radical (unpaired) electrons. The van der Waals surface area contributed by atoms with E-state index in [1.165, 1.54) is 12.1 Å². The van der Waals surface area contributed by atoms with Gasteiger partial charge in [0.05, 0.1) is 30.1 Å². The minimum Gasteiger partial charge on any atom is -0.376 e. The molecule has 0 unspecified atom stereocenters. The summed E-state index contributed by atoms with van der Waals surface area (Å²) in [6, 6.07) is 6.09. The number of nitrogens with one attached hydrogen (secondary N) is 2. The quantitative estimate of drug-likeness (QED) is 0.876. The van der Waals surface area contributed by atoms with Crippen LogP contribution in [0.25, 0.3) is 0 Å². The number of halogens is 1. The Kier molecular flexibility index (Phi) is 4.17. The first-order valence-electron chi connectivity index (χ1n) is 8.62. The average molecular weight is 344 g/mol. The van der Waals surface area contributed by atoms with Gasteiger partial charge in [-0.25, -0.2) is 9.18 Å². The van der Waals surface area contributed by atoms with Gasteiger partial charge in [0, 0.05) is 12.8 Å². The summed E-state index contributed by atoms with van der Waals surface area (Å²) < 4.78 is 20.8. The van der Waals surface area contributed by atoms with Gasteiger partial charge in [0.2, 0.25) is 0 Å². The van der Waals surface area contributed by atoms with Crippen LogP contribution in [0.3, 0.4) is 0 Å². The molecule has 1 aromatic carbocycles. The number of carbonyl (C=O) groups excluding carboxylic acids is 1. The second-order valence-corrected chi connectivity index (χ2v) is 6.76. The van der Waals surface area contributed by atoms with Crippen LogP contribution in [0, 0.1) is 5.82 Å². The van der Waals surface area contributed by atoms with E-state index in [0.29, 0.717) is 12.2 Å². The smallest absolute Gasteiger partial charge is 0.320 e. The SMILES string of the molecule is O=C(Nc1cnn(C[C@@H]2CCCO2)c1)NC1(c2cccc(F)c2)CC1. The van der Waals surface area contributed by atoms with Crippen LogP contribution in [0.4, 0.5) is 14.9 Å². The number of rotatable bonds is 5. The van der Waals surface area contributed by atoms with E-state index in [1.807, 2.05) is 6.07 Å². The number of aromatic nitrogens is 2. The molecule has 132 valence electrons. The van der Waals surface area contributed by atoms with E-state index in [-0.39, 0.29) is 18.0 Å². The van der Waals surface area contributed by atoms with Crippen LogP contribution < -0.4 is 10.6 Å². The van der Waals surface area contributed by atoms with E-state index in [1.54, 1.807) is 23.1 Å². The topological polar surface area (TPSA) is 68.2 Å². The summed E-state index contributed by atoms with van der Waals surface area (Å²) in [5, 5.41) is 10.0. The lowest BCUT2D eigenvalue weighted by Crippen LogP contribution is -2.38. The molecule has 2 heterocycles. The van der Waals surface area contributed by atoms with Crippen molar-refractivity contribution in [2.75, 3.05) is 11.9 Å². The average Bonchev–Trinajstić information content (AvgIpc) is 2.98. The monoisotopic (exact) mass is 344 g/mol. The van der Waals surface area contributed by atoms with E-state index in [9.17, 15) is 9.18 Å². The molecule has 2 fully saturated rings. The molecule has 25 heavy (non-hydrogen) atoms. The molecule has 2 N–H and O–H groups in total. The zero-order valence-electron chi connectivity index (χ0n) is 13.9. The molecule has 0 spiro atoms. The van der Waals surface area contributed by atoms with E-state index < -0.39 is 5.54 Å². The predicted molar refractivity (Wildman–Crippen MR) is 90.7 cm³/mol. The number of hydrogen-bond donors (Lipinski definition) is 2. The van der Waals surface area contributed by atoms with E-state index in [2.05, 4.69) is 15.7 Å². The number of hydrogen-bond acceptors (Lipinski definition) is 3. The van der Waals surface area contributed by atoms with Gasteiger partial charge in [0.1, 0.15) is 5.82 Å². The molecule has 6 nitrogen and oxygen atoms in total. The number of amides is 2. The van der Waals surface area contributed by atoms with Gasteiger partial charge < -0.3 is 15.4 Å². The number of carbonyl (C=O) groups is 1. The van der Waals surface area contributed by atoms with Crippen molar-refractivity contribution in [3.05, 3.63) is 48.0 Å². The fraction of sp³-hybridized carbons (Fsp3) is 0.444. The summed E-state index contributed by atoms with van der Waals surface area (Å²) in [5.74, 6) is -0.290. The maximum absolute atomic E-state index is 13.4. The van der Waals surface area contributed by atoms with Crippen LogP contribution in [0.5, 0.6) is 0 Å². The predicted octanol–water partition coefficient (Wildman–Crippen LogP) is 3.01. The number of anilines is 1. The lowest BCUT2D eigenvalue weighted by atomic mass is 10.1. The zero-order chi connectivity index (χ0) is 17.3. The molecule has 2 aliphatic rings. The molecule has 7 heteroatoms. The maximum Gasteiger partial charge on any atom is 0.320 e. The van der Waals surface area contributed by atoms with Gasteiger partial charge in [-0.2, -0.15) is 5.10 Å². The Balaban J connectivity index is 1.35. The Bertz CT molecular complexity index is 766. The maximum atomic E-state index is 13.4. The highest BCUT2D eigenvalue weighted by atomic mass is 19.1. The van der Waals surface area contributed by atoms with Crippen molar-refractivity contribution >= 4 is 11.7 Å². The van der Waals surface area contributed by atoms with Crippen LogP contribution in [0.2, 0.25) is 0 Å². The Morgan fingerprint density at radius 2 is 2.32 bits per heavy atom.